The zero-order valence-corrected chi connectivity index (χ0v) is 18.6. The highest BCUT2D eigenvalue weighted by Crippen LogP contribution is 2.39. The lowest BCUT2D eigenvalue weighted by Gasteiger charge is -2.29. The van der Waals surface area contributed by atoms with Crippen molar-refractivity contribution in [3.8, 4) is 0 Å². The standard InChI is InChI=1S/C20H20ClFN2O2.C5H5N/c1-2-12-5-3-4-6-14(12)20(26)24(11-19(23)25)18-8-7-15-16(18)9-13(21)10-17(15)22;1-2-4-6-5-3-1/h3-6,9-10,18H,2,7-8,11H2,1H3,(H2,23,25);1-5H. The van der Waals surface area contributed by atoms with Crippen LogP contribution in [-0.4, -0.2) is 28.2 Å². The second-order valence-electron chi connectivity index (χ2n) is 7.44. The lowest BCUT2D eigenvalue weighted by atomic mass is 10.0. The van der Waals surface area contributed by atoms with Crippen LogP contribution >= 0.6 is 11.6 Å². The predicted molar refractivity (Wildman–Crippen MR) is 123 cm³/mol. The number of aromatic nitrogens is 1. The Bertz CT molecular complexity index is 1070. The zero-order chi connectivity index (χ0) is 23.1. The molecule has 1 aromatic heterocycles. The molecule has 7 heteroatoms. The largest absolute Gasteiger partial charge is 0.368 e. The molecule has 0 saturated heterocycles. The van der Waals surface area contributed by atoms with Crippen molar-refractivity contribution in [2.75, 3.05) is 6.54 Å². The van der Waals surface area contributed by atoms with Crippen LogP contribution in [0.2, 0.25) is 5.02 Å². The average molecular weight is 454 g/mol. The van der Waals surface area contributed by atoms with E-state index in [4.69, 9.17) is 17.3 Å². The molecule has 0 saturated carbocycles. The fourth-order valence-electron chi connectivity index (χ4n) is 3.94. The third-order valence-electron chi connectivity index (χ3n) is 5.38. The van der Waals surface area contributed by atoms with Gasteiger partial charge in [0.1, 0.15) is 12.4 Å². The number of benzene rings is 2. The summed E-state index contributed by atoms with van der Waals surface area (Å²) in [5.41, 5.74) is 8.02. The van der Waals surface area contributed by atoms with Gasteiger partial charge in [-0.25, -0.2) is 4.39 Å². The molecule has 0 radical (unpaired) electrons. The second kappa shape index (κ2) is 10.9. The first-order chi connectivity index (χ1) is 15.4. The fourth-order valence-corrected chi connectivity index (χ4v) is 4.15. The predicted octanol–water partition coefficient (Wildman–Crippen LogP) is 4.74. The maximum Gasteiger partial charge on any atom is 0.255 e. The Labute approximate surface area is 192 Å². The Morgan fingerprint density at radius 1 is 1.16 bits per heavy atom. The number of hydrogen-bond acceptors (Lipinski definition) is 3. The van der Waals surface area contributed by atoms with Gasteiger partial charge in [0.15, 0.2) is 0 Å². The van der Waals surface area contributed by atoms with Gasteiger partial charge in [-0.05, 0) is 66.3 Å². The molecular weight excluding hydrogens is 429 g/mol. The van der Waals surface area contributed by atoms with Crippen molar-refractivity contribution in [3.63, 3.8) is 0 Å². The van der Waals surface area contributed by atoms with E-state index in [0.29, 0.717) is 36.0 Å². The van der Waals surface area contributed by atoms with Gasteiger partial charge in [0.25, 0.3) is 5.91 Å². The van der Waals surface area contributed by atoms with Gasteiger partial charge in [-0.3, -0.25) is 14.6 Å². The Hall–Kier alpha value is -3.25. The van der Waals surface area contributed by atoms with E-state index in [9.17, 15) is 14.0 Å². The topological polar surface area (TPSA) is 76.3 Å². The molecule has 2 N–H and O–H groups in total. The van der Waals surface area contributed by atoms with Crippen LogP contribution < -0.4 is 5.73 Å². The molecule has 0 aliphatic heterocycles. The van der Waals surface area contributed by atoms with E-state index < -0.39 is 11.9 Å². The summed E-state index contributed by atoms with van der Waals surface area (Å²) in [5, 5.41) is 0.272. The molecule has 3 aromatic rings. The van der Waals surface area contributed by atoms with E-state index in [1.807, 2.05) is 37.3 Å². The highest BCUT2D eigenvalue weighted by atomic mass is 35.5. The van der Waals surface area contributed by atoms with Crippen molar-refractivity contribution >= 4 is 23.4 Å². The van der Waals surface area contributed by atoms with Crippen LogP contribution in [0, 0.1) is 5.82 Å². The summed E-state index contributed by atoms with van der Waals surface area (Å²) in [6.07, 6.45) is 5.20. The maximum absolute atomic E-state index is 14.2. The monoisotopic (exact) mass is 453 g/mol. The summed E-state index contributed by atoms with van der Waals surface area (Å²) in [7, 11) is 0. The molecule has 0 fully saturated rings. The quantitative estimate of drug-likeness (QED) is 0.606. The Morgan fingerprint density at radius 2 is 1.88 bits per heavy atom. The molecule has 2 amide bonds. The van der Waals surface area contributed by atoms with Gasteiger partial charge in [-0.15, -0.1) is 0 Å². The summed E-state index contributed by atoms with van der Waals surface area (Å²) >= 11 is 6.01. The normalized spacial score (nSPS) is 14.2. The number of aryl methyl sites for hydroxylation is 1. The second-order valence-corrected chi connectivity index (χ2v) is 7.88. The third-order valence-corrected chi connectivity index (χ3v) is 5.60. The number of nitrogens with two attached hydrogens (primary N) is 1. The number of amides is 2. The number of nitrogens with zero attached hydrogens (tertiary/aromatic N) is 2. The number of primary amides is 1. The highest BCUT2D eigenvalue weighted by Gasteiger charge is 2.34. The van der Waals surface area contributed by atoms with Gasteiger partial charge in [-0.2, -0.15) is 0 Å². The van der Waals surface area contributed by atoms with E-state index in [2.05, 4.69) is 4.98 Å². The minimum Gasteiger partial charge on any atom is -0.368 e. The minimum atomic E-state index is -0.608. The average Bonchev–Trinajstić information content (AvgIpc) is 3.22. The van der Waals surface area contributed by atoms with Crippen molar-refractivity contribution in [1.29, 1.82) is 0 Å². The Kier molecular flexibility index (Phi) is 7.95. The van der Waals surface area contributed by atoms with Crippen molar-refractivity contribution in [2.24, 2.45) is 5.73 Å². The van der Waals surface area contributed by atoms with Crippen LogP contribution in [0.1, 0.15) is 46.4 Å². The fraction of sp³-hybridized carbons (Fsp3) is 0.240. The third kappa shape index (κ3) is 5.51. The Balaban J connectivity index is 0.000000416. The summed E-state index contributed by atoms with van der Waals surface area (Å²) in [6, 6.07) is 15.5. The molecule has 0 spiro atoms. The van der Waals surface area contributed by atoms with Crippen molar-refractivity contribution in [2.45, 2.75) is 32.2 Å². The number of hydrogen-bond donors (Lipinski definition) is 1. The summed E-state index contributed by atoms with van der Waals surface area (Å²) in [6.45, 7) is 1.74. The van der Waals surface area contributed by atoms with Crippen LogP contribution in [0.25, 0.3) is 0 Å². The van der Waals surface area contributed by atoms with Gasteiger partial charge in [0, 0.05) is 23.0 Å². The Morgan fingerprint density at radius 3 is 2.47 bits per heavy atom. The van der Waals surface area contributed by atoms with Gasteiger partial charge < -0.3 is 10.6 Å². The molecule has 1 atom stereocenters. The van der Waals surface area contributed by atoms with Crippen LogP contribution in [0.5, 0.6) is 0 Å². The molecule has 4 rings (SSSR count). The molecule has 166 valence electrons. The smallest absolute Gasteiger partial charge is 0.255 e. The maximum atomic E-state index is 14.2. The molecule has 1 unspecified atom stereocenters. The van der Waals surface area contributed by atoms with E-state index in [-0.39, 0.29) is 23.3 Å². The van der Waals surface area contributed by atoms with Gasteiger partial charge in [0.05, 0.1) is 6.04 Å². The first kappa shape index (κ1) is 23.4. The molecule has 1 heterocycles. The van der Waals surface area contributed by atoms with Gasteiger partial charge in [-0.1, -0.05) is 42.8 Å². The van der Waals surface area contributed by atoms with Gasteiger partial charge in [0.2, 0.25) is 5.91 Å². The van der Waals surface area contributed by atoms with Gasteiger partial charge >= 0.3 is 0 Å². The van der Waals surface area contributed by atoms with Crippen LogP contribution in [0.15, 0.2) is 67.0 Å². The minimum absolute atomic E-state index is 0.227. The van der Waals surface area contributed by atoms with Crippen molar-refractivity contribution < 1.29 is 14.0 Å². The summed E-state index contributed by atoms with van der Waals surface area (Å²) < 4.78 is 14.2. The van der Waals surface area contributed by atoms with Crippen LogP contribution in [0.3, 0.4) is 0 Å². The number of halogens is 2. The van der Waals surface area contributed by atoms with Crippen LogP contribution in [-0.2, 0) is 17.6 Å². The SMILES string of the molecule is CCc1ccccc1C(=O)N(CC(N)=O)C1CCc2c(F)cc(Cl)cc21.c1ccncc1. The molecule has 32 heavy (non-hydrogen) atoms. The van der Waals surface area contributed by atoms with E-state index in [0.717, 1.165) is 5.56 Å². The lowest BCUT2D eigenvalue weighted by Crippen LogP contribution is -2.40. The summed E-state index contributed by atoms with van der Waals surface area (Å²) in [4.78, 5) is 30.1. The number of fused-ring (bicyclic) bond motifs is 1. The van der Waals surface area contributed by atoms with Crippen molar-refractivity contribution in [1.82, 2.24) is 9.88 Å². The number of carbonyl (C=O) groups excluding carboxylic acids is 2. The lowest BCUT2D eigenvalue weighted by molar-refractivity contribution is -0.119. The molecule has 1 aliphatic carbocycles. The highest BCUT2D eigenvalue weighted by molar-refractivity contribution is 6.30. The molecule has 5 nitrogen and oxygen atoms in total. The van der Waals surface area contributed by atoms with E-state index >= 15 is 0 Å². The zero-order valence-electron chi connectivity index (χ0n) is 17.8. The number of carbonyl (C=O) groups is 2. The van der Waals surface area contributed by atoms with Crippen molar-refractivity contribution in [3.05, 3.63) is 100 Å². The first-order valence-electron chi connectivity index (χ1n) is 10.4. The number of pyridine rings is 1. The molecule has 2 aromatic carbocycles. The van der Waals surface area contributed by atoms with E-state index in [1.54, 1.807) is 30.6 Å². The van der Waals surface area contributed by atoms with Crippen LogP contribution in [0.4, 0.5) is 4.39 Å². The molecule has 1 aliphatic rings. The molecular formula is C25H25ClFN3O2. The van der Waals surface area contributed by atoms with E-state index in [1.165, 1.54) is 11.0 Å². The number of rotatable bonds is 5. The summed E-state index contributed by atoms with van der Waals surface area (Å²) in [5.74, 6) is -1.27. The first-order valence-corrected chi connectivity index (χ1v) is 10.8. The molecule has 0 bridgehead atoms.